The van der Waals surface area contributed by atoms with Gasteiger partial charge < -0.3 is 4.57 Å². The zero-order valence-electron chi connectivity index (χ0n) is 11.8. The Morgan fingerprint density at radius 3 is 2.55 bits per heavy atom. The SMILES string of the molecule is Cn1c(SCc2ccc(Cl)cc2)nnc1-c1ccccc1F. The van der Waals surface area contributed by atoms with Gasteiger partial charge in [-0.1, -0.05) is 47.6 Å². The molecular formula is C16H13ClFN3S. The quantitative estimate of drug-likeness (QED) is 0.655. The molecule has 0 N–H and O–H groups in total. The molecule has 0 saturated heterocycles. The molecule has 1 heterocycles. The van der Waals surface area contributed by atoms with E-state index in [-0.39, 0.29) is 5.82 Å². The summed E-state index contributed by atoms with van der Waals surface area (Å²) < 4.78 is 15.7. The van der Waals surface area contributed by atoms with Crippen LogP contribution in [0.2, 0.25) is 5.02 Å². The molecule has 0 spiro atoms. The van der Waals surface area contributed by atoms with Gasteiger partial charge in [-0.15, -0.1) is 10.2 Å². The van der Waals surface area contributed by atoms with Crippen LogP contribution in [0.25, 0.3) is 11.4 Å². The molecule has 0 aliphatic rings. The molecule has 0 aliphatic carbocycles. The van der Waals surface area contributed by atoms with E-state index < -0.39 is 0 Å². The van der Waals surface area contributed by atoms with E-state index in [0.717, 1.165) is 16.5 Å². The van der Waals surface area contributed by atoms with Crippen LogP contribution in [-0.4, -0.2) is 14.8 Å². The van der Waals surface area contributed by atoms with Gasteiger partial charge in [-0.2, -0.15) is 0 Å². The standard InChI is InChI=1S/C16H13ClFN3S/c1-21-15(13-4-2-3-5-14(13)18)19-20-16(21)22-10-11-6-8-12(17)9-7-11/h2-9H,10H2,1H3. The number of rotatable bonds is 4. The second-order valence-corrected chi connectivity index (χ2v) is 6.14. The van der Waals surface area contributed by atoms with Crippen LogP contribution in [0, 0.1) is 5.82 Å². The molecule has 0 bridgehead atoms. The Morgan fingerprint density at radius 2 is 1.82 bits per heavy atom. The maximum Gasteiger partial charge on any atom is 0.191 e. The zero-order chi connectivity index (χ0) is 15.5. The molecule has 0 radical (unpaired) electrons. The molecule has 3 rings (SSSR count). The van der Waals surface area contributed by atoms with E-state index in [1.807, 2.05) is 31.3 Å². The summed E-state index contributed by atoms with van der Waals surface area (Å²) in [5.41, 5.74) is 1.60. The number of thioether (sulfide) groups is 1. The van der Waals surface area contributed by atoms with Gasteiger partial charge in [-0.05, 0) is 29.8 Å². The minimum absolute atomic E-state index is 0.299. The van der Waals surface area contributed by atoms with Crippen molar-refractivity contribution in [1.82, 2.24) is 14.8 Å². The smallest absolute Gasteiger partial charge is 0.191 e. The van der Waals surface area contributed by atoms with Crippen LogP contribution in [0.1, 0.15) is 5.56 Å². The van der Waals surface area contributed by atoms with Crippen LogP contribution >= 0.6 is 23.4 Å². The third-order valence-electron chi connectivity index (χ3n) is 3.23. The summed E-state index contributed by atoms with van der Waals surface area (Å²) in [4.78, 5) is 0. The number of halogens is 2. The zero-order valence-corrected chi connectivity index (χ0v) is 13.4. The van der Waals surface area contributed by atoms with E-state index in [2.05, 4.69) is 10.2 Å². The molecule has 1 aromatic heterocycles. The average Bonchev–Trinajstić information content (AvgIpc) is 2.88. The van der Waals surface area contributed by atoms with Crippen molar-refractivity contribution in [2.45, 2.75) is 10.9 Å². The maximum absolute atomic E-state index is 13.9. The molecule has 2 aromatic carbocycles. The number of nitrogens with zero attached hydrogens (tertiary/aromatic N) is 3. The fourth-order valence-corrected chi connectivity index (χ4v) is 3.04. The molecule has 0 unspecified atom stereocenters. The van der Waals surface area contributed by atoms with Crippen LogP contribution in [-0.2, 0) is 12.8 Å². The fraction of sp³-hybridized carbons (Fsp3) is 0.125. The van der Waals surface area contributed by atoms with Crippen LogP contribution in [0.15, 0.2) is 53.7 Å². The average molecular weight is 334 g/mol. The minimum Gasteiger partial charge on any atom is -0.305 e. The topological polar surface area (TPSA) is 30.7 Å². The van der Waals surface area contributed by atoms with Gasteiger partial charge in [0.2, 0.25) is 0 Å². The summed E-state index contributed by atoms with van der Waals surface area (Å²) in [6.07, 6.45) is 0. The van der Waals surface area contributed by atoms with Crippen LogP contribution in [0.4, 0.5) is 4.39 Å². The van der Waals surface area contributed by atoms with Crippen LogP contribution in [0.5, 0.6) is 0 Å². The van der Waals surface area contributed by atoms with E-state index >= 15 is 0 Å². The van der Waals surface area contributed by atoms with Gasteiger partial charge in [0, 0.05) is 17.8 Å². The van der Waals surface area contributed by atoms with Crippen molar-refractivity contribution in [3.8, 4) is 11.4 Å². The summed E-state index contributed by atoms with van der Waals surface area (Å²) in [5, 5.41) is 9.71. The molecule has 0 aliphatic heterocycles. The highest BCUT2D eigenvalue weighted by atomic mass is 35.5. The fourth-order valence-electron chi connectivity index (χ4n) is 2.05. The lowest BCUT2D eigenvalue weighted by atomic mass is 10.2. The Kier molecular flexibility index (Phi) is 4.45. The van der Waals surface area contributed by atoms with E-state index in [0.29, 0.717) is 16.4 Å². The van der Waals surface area contributed by atoms with Gasteiger partial charge in [-0.25, -0.2) is 4.39 Å². The van der Waals surface area contributed by atoms with E-state index in [9.17, 15) is 4.39 Å². The number of aromatic nitrogens is 3. The lowest BCUT2D eigenvalue weighted by molar-refractivity contribution is 0.628. The van der Waals surface area contributed by atoms with Crippen molar-refractivity contribution in [2.24, 2.45) is 7.05 Å². The molecular weight excluding hydrogens is 321 g/mol. The highest BCUT2D eigenvalue weighted by Crippen LogP contribution is 2.26. The molecule has 112 valence electrons. The Balaban J connectivity index is 1.79. The first-order valence-corrected chi connectivity index (χ1v) is 8.03. The third kappa shape index (κ3) is 3.15. The van der Waals surface area contributed by atoms with E-state index in [1.54, 1.807) is 34.5 Å². The van der Waals surface area contributed by atoms with Crippen molar-refractivity contribution in [3.63, 3.8) is 0 Å². The third-order valence-corrected chi connectivity index (χ3v) is 4.57. The largest absolute Gasteiger partial charge is 0.305 e. The van der Waals surface area contributed by atoms with Crippen molar-refractivity contribution in [1.29, 1.82) is 0 Å². The maximum atomic E-state index is 13.9. The minimum atomic E-state index is -0.299. The number of hydrogen-bond donors (Lipinski definition) is 0. The van der Waals surface area contributed by atoms with Gasteiger partial charge >= 0.3 is 0 Å². The summed E-state index contributed by atoms with van der Waals surface area (Å²) in [6.45, 7) is 0. The molecule has 0 saturated carbocycles. The van der Waals surface area contributed by atoms with E-state index in [4.69, 9.17) is 11.6 Å². The Hall–Kier alpha value is -1.85. The second-order valence-electron chi connectivity index (χ2n) is 4.76. The highest BCUT2D eigenvalue weighted by Gasteiger charge is 2.14. The van der Waals surface area contributed by atoms with Gasteiger partial charge in [0.25, 0.3) is 0 Å². The van der Waals surface area contributed by atoms with Crippen molar-refractivity contribution >= 4 is 23.4 Å². The summed E-state index contributed by atoms with van der Waals surface area (Å²) in [6, 6.07) is 14.2. The molecule has 0 fully saturated rings. The molecule has 22 heavy (non-hydrogen) atoms. The van der Waals surface area contributed by atoms with Gasteiger partial charge in [0.15, 0.2) is 11.0 Å². The predicted molar refractivity (Wildman–Crippen MR) is 87.4 cm³/mol. The van der Waals surface area contributed by atoms with Crippen molar-refractivity contribution in [2.75, 3.05) is 0 Å². The Bertz CT molecular complexity index is 786. The molecule has 3 aromatic rings. The van der Waals surface area contributed by atoms with Gasteiger partial charge in [-0.3, -0.25) is 0 Å². The second kappa shape index (κ2) is 6.50. The van der Waals surface area contributed by atoms with Crippen molar-refractivity contribution in [3.05, 3.63) is 64.9 Å². The lowest BCUT2D eigenvalue weighted by Gasteiger charge is -2.05. The summed E-state index contributed by atoms with van der Waals surface area (Å²) >= 11 is 7.42. The predicted octanol–water partition coefficient (Wildman–Crippen LogP) is 4.57. The monoisotopic (exact) mass is 333 g/mol. The Labute approximate surface area is 137 Å². The number of benzene rings is 2. The van der Waals surface area contributed by atoms with Crippen LogP contribution in [0.3, 0.4) is 0 Å². The Morgan fingerprint density at radius 1 is 1.09 bits per heavy atom. The van der Waals surface area contributed by atoms with Crippen molar-refractivity contribution < 1.29 is 4.39 Å². The van der Waals surface area contributed by atoms with Gasteiger partial charge in [0.1, 0.15) is 5.82 Å². The normalized spacial score (nSPS) is 10.9. The molecule has 0 atom stereocenters. The van der Waals surface area contributed by atoms with Crippen LogP contribution < -0.4 is 0 Å². The molecule has 0 amide bonds. The highest BCUT2D eigenvalue weighted by molar-refractivity contribution is 7.98. The lowest BCUT2D eigenvalue weighted by Crippen LogP contribution is -1.96. The first kappa shape index (κ1) is 15.1. The van der Waals surface area contributed by atoms with Gasteiger partial charge in [0.05, 0.1) is 5.56 Å². The number of hydrogen-bond acceptors (Lipinski definition) is 3. The first-order valence-electron chi connectivity index (χ1n) is 6.66. The summed E-state index contributed by atoms with van der Waals surface area (Å²) in [5.74, 6) is 0.976. The molecule has 3 nitrogen and oxygen atoms in total. The van der Waals surface area contributed by atoms with E-state index in [1.165, 1.54) is 6.07 Å². The molecule has 6 heteroatoms. The summed E-state index contributed by atoms with van der Waals surface area (Å²) in [7, 11) is 1.84. The first-order chi connectivity index (χ1) is 10.6.